The van der Waals surface area contributed by atoms with Crippen LogP contribution in [0.1, 0.15) is 44.7 Å². The smallest absolute Gasteiger partial charge is 0.0494 e. The van der Waals surface area contributed by atoms with Gasteiger partial charge in [-0.2, -0.15) is 0 Å². The van der Waals surface area contributed by atoms with Crippen molar-refractivity contribution in [3.8, 4) is 0 Å². The number of aromatic amines is 1. The molecule has 36 heavy (non-hydrogen) atoms. The van der Waals surface area contributed by atoms with E-state index in [1.807, 2.05) is 0 Å². The first kappa shape index (κ1) is 27.9. The lowest BCUT2D eigenvalue weighted by atomic mass is 10.1. The Kier molecular flexibility index (Phi) is 10.6. The first-order chi connectivity index (χ1) is 17.5. The van der Waals surface area contributed by atoms with Crippen molar-refractivity contribution >= 4 is 67.0 Å². The number of rotatable bonds is 14. The third kappa shape index (κ3) is 6.85. The molecule has 2 aromatic heterocycles. The average molecular weight is 710 g/mol. The molecule has 2 aromatic carbocycles. The lowest BCUT2D eigenvalue weighted by Crippen LogP contribution is -2.30. The van der Waals surface area contributed by atoms with Crippen LogP contribution in [0, 0.1) is 7.14 Å². The lowest BCUT2D eigenvalue weighted by molar-refractivity contribution is 0.267. The van der Waals surface area contributed by atoms with Crippen molar-refractivity contribution in [1.82, 2.24) is 19.4 Å². The molecule has 0 saturated heterocycles. The maximum Gasteiger partial charge on any atom is 0.0494 e. The standard InChI is InChI=1S/C30H40I2N4/c1-4-14-34(6-3)16-13-24-22-36(29-9-7-8-27(32)30(24)29)19-18-35(15-5-2)17-12-23-21-33-28-20-25(31)10-11-26(23)28/h7-11,20-22,33H,4-6,12-19H2,1-3H3. The van der Waals surface area contributed by atoms with Gasteiger partial charge in [0.05, 0.1) is 0 Å². The number of aromatic nitrogens is 2. The van der Waals surface area contributed by atoms with E-state index in [9.17, 15) is 0 Å². The van der Waals surface area contributed by atoms with Crippen LogP contribution < -0.4 is 0 Å². The number of likely N-dealkylation sites (N-methyl/N-ethyl adjacent to an activating group) is 1. The highest BCUT2D eigenvalue weighted by Crippen LogP contribution is 2.27. The molecule has 0 spiro atoms. The molecule has 4 nitrogen and oxygen atoms in total. The van der Waals surface area contributed by atoms with E-state index < -0.39 is 0 Å². The molecule has 0 aliphatic rings. The average Bonchev–Trinajstić information content (AvgIpc) is 3.44. The lowest BCUT2D eigenvalue weighted by Gasteiger charge is -2.22. The van der Waals surface area contributed by atoms with Gasteiger partial charge in [0.25, 0.3) is 0 Å². The molecule has 0 aliphatic heterocycles. The molecular weight excluding hydrogens is 670 g/mol. The number of H-pyrrole nitrogens is 1. The van der Waals surface area contributed by atoms with E-state index in [1.165, 1.54) is 59.5 Å². The van der Waals surface area contributed by atoms with Crippen LogP contribution in [0.2, 0.25) is 0 Å². The van der Waals surface area contributed by atoms with Crippen molar-refractivity contribution in [2.24, 2.45) is 0 Å². The highest BCUT2D eigenvalue weighted by atomic mass is 127. The molecule has 194 valence electrons. The van der Waals surface area contributed by atoms with Gasteiger partial charge in [-0.3, -0.25) is 0 Å². The SMILES string of the molecule is CCCN(CC)CCc1cn(CCN(CCC)CCc2c[nH]c3cc(I)ccc23)c2cccc(I)c12. The summed E-state index contributed by atoms with van der Waals surface area (Å²) in [4.78, 5) is 8.69. The molecule has 0 atom stereocenters. The van der Waals surface area contributed by atoms with Crippen LogP contribution in [-0.2, 0) is 19.4 Å². The molecule has 0 amide bonds. The third-order valence-electron chi connectivity index (χ3n) is 7.24. The van der Waals surface area contributed by atoms with Gasteiger partial charge in [0, 0.05) is 67.5 Å². The van der Waals surface area contributed by atoms with Gasteiger partial charge in [0.2, 0.25) is 0 Å². The number of hydrogen-bond donors (Lipinski definition) is 1. The Balaban J connectivity index is 1.45. The van der Waals surface area contributed by atoms with Gasteiger partial charge < -0.3 is 19.4 Å². The van der Waals surface area contributed by atoms with Crippen molar-refractivity contribution in [3.63, 3.8) is 0 Å². The predicted octanol–water partition coefficient (Wildman–Crippen LogP) is 7.56. The van der Waals surface area contributed by atoms with Crippen LogP contribution >= 0.6 is 45.2 Å². The zero-order valence-electron chi connectivity index (χ0n) is 22.0. The van der Waals surface area contributed by atoms with E-state index in [1.54, 1.807) is 0 Å². The maximum atomic E-state index is 3.47. The molecule has 4 aromatic rings. The highest BCUT2D eigenvalue weighted by Gasteiger charge is 2.14. The monoisotopic (exact) mass is 710 g/mol. The van der Waals surface area contributed by atoms with E-state index >= 15 is 0 Å². The number of fused-ring (bicyclic) bond motifs is 2. The number of halogens is 2. The number of hydrogen-bond acceptors (Lipinski definition) is 2. The summed E-state index contributed by atoms with van der Waals surface area (Å²) in [6.07, 6.45) is 9.26. The summed E-state index contributed by atoms with van der Waals surface area (Å²) >= 11 is 4.91. The second-order valence-corrected chi connectivity index (χ2v) is 12.2. The molecule has 4 rings (SSSR count). The molecule has 0 bridgehead atoms. The molecule has 2 heterocycles. The predicted molar refractivity (Wildman–Crippen MR) is 172 cm³/mol. The Morgan fingerprint density at radius 3 is 2.36 bits per heavy atom. The van der Waals surface area contributed by atoms with Crippen molar-refractivity contribution in [3.05, 3.63) is 67.1 Å². The summed E-state index contributed by atoms with van der Waals surface area (Å²) in [7, 11) is 0. The molecule has 0 saturated carbocycles. The third-order valence-corrected chi connectivity index (χ3v) is 8.81. The van der Waals surface area contributed by atoms with Crippen molar-refractivity contribution < 1.29 is 0 Å². The van der Waals surface area contributed by atoms with Crippen LogP contribution in [-0.4, -0.2) is 58.6 Å². The van der Waals surface area contributed by atoms with E-state index in [2.05, 4.69) is 134 Å². The molecule has 0 fully saturated rings. The zero-order valence-corrected chi connectivity index (χ0v) is 26.3. The van der Waals surface area contributed by atoms with Crippen LogP contribution in [0.25, 0.3) is 21.8 Å². The summed E-state index contributed by atoms with van der Waals surface area (Å²) < 4.78 is 5.16. The van der Waals surface area contributed by atoms with Crippen LogP contribution in [0.4, 0.5) is 0 Å². The molecule has 1 N–H and O–H groups in total. The first-order valence-corrected chi connectivity index (χ1v) is 15.7. The Morgan fingerprint density at radius 2 is 1.58 bits per heavy atom. The molecule has 0 unspecified atom stereocenters. The number of nitrogens with one attached hydrogen (secondary N) is 1. The number of nitrogens with zero attached hydrogens (tertiary/aromatic N) is 3. The minimum Gasteiger partial charge on any atom is -0.361 e. The summed E-state index contributed by atoms with van der Waals surface area (Å²) in [6, 6.07) is 13.5. The normalized spacial score (nSPS) is 12.1. The van der Waals surface area contributed by atoms with Crippen LogP contribution in [0.5, 0.6) is 0 Å². The van der Waals surface area contributed by atoms with Crippen molar-refractivity contribution in [2.75, 3.05) is 39.3 Å². The van der Waals surface area contributed by atoms with E-state index in [0.29, 0.717) is 0 Å². The summed E-state index contributed by atoms with van der Waals surface area (Å²) in [6.45, 7) is 14.7. The summed E-state index contributed by atoms with van der Waals surface area (Å²) in [5.41, 5.74) is 5.57. The highest BCUT2D eigenvalue weighted by molar-refractivity contribution is 14.1. The second-order valence-electron chi connectivity index (χ2n) is 9.76. The molecular formula is C30H40I2N4. The minimum absolute atomic E-state index is 1.04. The first-order valence-electron chi connectivity index (χ1n) is 13.5. The van der Waals surface area contributed by atoms with E-state index in [-0.39, 0.29) is 0 Å². The van der Waals surface area contributed by atoms with Gasteiger partial charge in [-0.05, 0) is 126 Å². The fourth-order valence-electron chi connectivity index (χ4n) is 5.33. The fraction of sp³-hybridized carbons (Fsp3) is 0.467. The fourth-order valence-corrected chi connectivity index (χ4v) is 6.66. The number of benzene rings is 2. The summed E-state index contributed by atoms with van der Waals surface area (Å²) in [5, 5.41) is 2.83. The van der Waals surface area contributed by atoms with Gasteiger partial charge >= 0.3 is 0 Å². The van der Waals surface area contributed by atoms with Crippen LogP contribution in [0.15, 0.2) is 48.8 Å². The minimum atomic E-state index is 1.04. The van der Waals surface area contributed by atoms with Gasteiger partial charge in [-0.25, -0.2) is 0 Å². The van der Waals surface area contributed by atoms with Crippen molar-refractivity contribution in [2.45, 2.75) is 53.0 Å². The van der Waals surface area contributed by atoms with Gasteiger partial charge in [-0.15, -0.1) is 0 Å². The van der Waals surface area contributed by atoms with Gasteiger partial charge in [0.1, 0.15) is 0 Å². The quantitative estimate of drug-likeness (QED) is 0.137. The Bertz CT molecular complexity index is 1260. The van der Waals surface area contributed by atoms with E-state index in [0.717, 1.165) is 52.1 Å². The Labute approximate surface area is 244 Å². The summed E-state index contributed by atoms with van der Waals surface area (Å²) in [5.74, 6) is 0. The largest absolute Gasteiger partial charge is 0.361 e. The Hall–Kier alpha value is -1.10. The second kappa shape index (κ2) is 13.6. The van der Waals surface area contributed by atoms with E-state index in [4.69, 9.17) is 0 Å². The topological polar surface area (TPSA) is 27.2 Å². The van der Waals surface area contributed by atoms with Gasteiger partial charge in [0.15, 0.2) is 0 Å². The van der Waals surface area contributed by atoms with Gasteiger partial charge in [-0.1, -0.05) is 32.9 Å². The zero-order chi connectivity index (χ0) is 25.5. The van der Waals surface area contributed by atoms with Crippen molar-refractivity contribution in [1.29, 1.82) is 0 Å². The molecule has 0 aliphatic carbocycles. The molecule has 6 heteroatoms. The maximum absolute atomic E-state index is 3.47. The molecule has 0 radical (unpaired) electrons. The van der Waals surface area contributed by atoms with Crippen LogP contribution in [0.3, 0.4) is 0 Å². The Morgan fingerprint density at radius 1 is 0.833 bits per heavy atom.